The topological polar surface area (TPSA) is 72.1 Å². The minimum Gasteiger partial charge on any atom is -0.469 e. The van der Waals surface area contributed by atoms with Crippen molar-refractivity contribution in [2.75, 3.05) is 7.11 Å². The molecular weight excluding hydrogens is 244 g/mol. The van der Waals surface area contributed by atoms with Crippen LogP contribution in [0.15, 0.2) is 30.5 Å². The molecule has 0 radical (unpaired) electrons. The van der Waals surface area contributed by atoms with Crippen LogP contribution in [0, 0.1) is 11.3 Å². The number of benzene rings is 1. The summed E-state index contributed by atoms with van der Waals surface area (Å²) in [7, 11) is 1.28. The number of ether oxygens (including phenoxy) is 1. The summed E-state index contributed by atoms with van der Waals surface area (Å²) in [6.07, 6.45) is 1.59. The maximum absolute atomic E-state index is 12.1. The second-order valence-electron chi connectivity index (χ2n) is 4.01. The first kappa shape index (κ1) is 12.8. The summed E-state index contributed by atoms with van der Waals surface area (Å²) in [6, 6.07) is 9.23. The van der Waals surface area contributed by atoms with Gasteiger partial charge >= 0.3 is 5.97 Å². The molecule has 0 aliphatic carbocycles. The molecule has 0 aliphatic heterocycles. The van der Waals surface area contributed by atoms with Crippen LogP contribution in [-0.4, -0.2) is 23.6 Å². The Balaban J connectivity index is 2.33. The number of carbonyl (C=O) groups is 2. The Hall–Kier alpha value is -2.61. The molecule has 2 aromatic rings. The van der Waals surface area contributed by atoms with Gasteiger partial charge < -0.3 is 4.74 Å². The second kappa shape index (κ2) is 5.36. The van der Waals surface area contributed by atoms with Crippen LogP contribution >= 0.6 is 0 Å². The van der Waals surface area contributed by atoms with Crippen molar-refractivity contribution in [3.05, 3.63) is 36.0 Å². The monoisotopic (exact) mass is 256 g/mol. The fourth-order valence-electron chi connectivity index (χ4n) is 1.91. The SMILES string of the molecule is COC(=O)CCC(=O)n1cc(C#N)c2ccccc21. The zero-order valence-electron chi connectivity index (χ0n) is 10.4. The first-order chi connectivity index (χ1) is 9.17. The number of hydrogen-bond donors (Lipinski definition) is 0. The van der Waals surface area contributed by atoms with Gasteiger partial charge in [-0.25, -0.2) is 0 Å². The standard InChI is InChI=1S/C14H12N2O3/c1-19-14(18)7-6-13(17)16-9-10(8-15)11-4-2-3-5-12(11)16/h2-5,9H,6-7H2,1H3. The van der Waals surface area contributed by atoms with E-state index in [4.69, 9.17) is 5.26 Å². The van der Waals surface area contributed by atoms with Crippen LogP contribution in [0.25, 0.3) is 10.9 Å². The van der Waals surface area contributed by atoms with E-state index in [-0.39, 0.29) is 18.7 Å². The molecule has 0 amide bonds. The number of aromatic nitrogens is 1. The van der Waals surface area contributed by atoms with E-state index in [0.717, 1.165) is 5.39 Å². The van der Waals surface area contributed by atoms with Crippen molar-refractivity contribution in [1.82, 2.24) is 4.57 Å². The van der Waals surface area contributed by atoms with Gasteiger partial charge in [-0.05, 0) is 6.07 Å². The van der Waals surface area contributed by atoms with Gasteiger partial charge in [0.15, 0.2) is 0 Å². The van der Waals surface area contributed by atoms with E-state index in [1.807, 2.05) is 6.07 Å². The van der Waals surface area contributed by atoms with E-state index in [2.05, 4.69) is 10.8 Å². The summed E-state index contributed by atoms with van der Waals surface area (Å²) in [5.41, 5.74) is 1.12. The molecule has 0 saturated heterocycles. The molecule has 1 aromatic carbocycles. The molecule has 0 atom stereocenters. The summed E-state index contributed by atoms with van der Waals surface area (Å²) >= 11 is 0. The highest BCUT2D eigenvalue weighted by molar-refractivity contribution is 5.96. The summed E-state index contributed by atoms with van der Waals surface area (Å²) in [5.74, 6) is -0.659. The van der Waals surface area contributed by atoms with Crippen LogP contribution in [0.1, 0.15) is 23.2 Å². The van der Waals surface area contributed by atoms with Gasteiger partial charge in [-0.3, -0.25) is 14.2 Å². The van der Waals surface area contributed by atoms with E-state index >= 15 is 0 Å². The van der Waals surface area contributed by atoms with Gasteiger partial charge in [0.2, 0.25) is 5.91 Å². The Kier molecular flexibility index (Phi) is 3.62. The third-order valence-electron chi connectivity index (χ3n) is 2.87. The quantitative estimate of drug-likeness (QED) is 0.788. The van der Waals surface area contributed by atoms with Crippen molar-refractivity contribution in [3.63, 3.8) is 0 Å². The molecule has 5 nitrogen and oxygen atoms in total. The normalized spacial score (nSPS) is 10.1. The van der Waals surface area contributed by atoms with Crippen LogP contribution in [0.3, 0.4) is 0 Å². The minimum absolute atomic E-state index is 0.0315. The summed E-state index contributed by atoms with van der Waals surface area (Å²) in [6.45, 7) is 0. The van der Waals surface area contributed by atoms with Gasteiger partial charge in [-0.1, -0.05) is 18.2 Å². The molecule has 0 aliphatic rings. The van der Waals surface area contributed by atoms with Crippen molar-refractivity contribution in [2.24, 2.45) is 0 Å². The van der Waals surface area contributed by atoms with Crippen LogP contribution < -0.4 is 0 Å². The van der Waals surface area contributed by atoms with E-state index < -0.39 is 5.97 Å². The predicted octanol–water partition coefficient (Wildman–Crippen LogP) is 2.11. The Bertz CT molecular complexity index is 680. The van der Waals surface area contributed by atoms with Crippen molar-refractivity contribution >= 4 is 22.8 Å². The first-order valence-electron chi connectivity index (χ1n) is 5.77. The van der Waals surface area contributed by atoms with Gasteiger partial charge in [0.1, 0.15) is 6.07 Å². The maximum Gasteiger partial charge on any atom is 0.306 e. The van der Waals surface area contributed by atoms with Crippen molar-refractivity contribution in [1.29, 1.82) is 5.26 Å². The molecule has 1 heterocycles. The van der Waals surface area contributed by atoms with Gasteiger partial charge in [-0.2, -0.15) is 5.26 Å². The van der Waals surface area contributed by atoms with E-state index in [1.165, 1.54) is 17.9 Å². The number of nitrogens with zero attached hydrogens (tertiary/aromatic N) is 2. The number of hydrogen-bond acceptors (Lipinski definition) is 4. The number of methoxy groups -OCH3 is 1. The number of nitriles is 1. The highest BCUT2D eigenvalue weighted by atomic mass is 16.5. The molecule has 96 valence electrons. The Morgan fingerprint density at radius 2 is 2.05 bits per heavy atom. The predicted molar refractivity (Wildman–Crippen MR) is 68.5 cm³/mol. The van der Waals surface area contributed by atoms with Crippen LogP contribution in [0.2, 0.25) is 0 Å². The number of rotatable bonds is 3. The maximum atomic E-state index is 12.1. The molecule has 0 saturated carbocycles. The van der Waals surface area contributed by atoms with E-state index in [9.17, 15) is 9.59 Å². The number of carbonyl (C=O) groups excluding carboxylic acids is 2. The van der Waals surface area contributed by atoms with Gasteiger partial charge in [0.05, 0.1) is 24.6 Å². The molecule has 0 bridgehead atoms. The average molecular weight is 256 g/mol. The largest absolute Gasteiger partial charge is 0.469 e. The Morgan fingerprint density at radius 1 is 1.32 bits per heavy atom. The molecule has 2 rings (SSSR count). The van der Waals surface area contributed by atoms with Crippen LogP contribution in [-0.2, 0) is 9.53 Å². The summed E-state index contributed by atoms with van der Waals surface area (Å²) < 4.78 is 5.91. The highest BCUT2D eigenvalue weighted by Crippen LogP contribution is 2.21. The van der Waals surface area contributed by atoms with Crippen molar-refractivity contribution < 1.29 is 14.3 Å². The molecule has 0 spiro atoms. The van der Waals surface area contributed by atoms with Crippen molar-refractivity contribution in [2.45, 2.75) is 12.8 Å². The minimum atomic E-state index is -0.426. The average Bonchev–Trinajstić information content (AvgIpc) is 2.83. The lowest BCUT2D eigenvalue weighted by Crippen LogP contribution is -2.12. The van der Waals surface area contributed by atoms with Crippen molar-refractivity contribution in [3.8, 4) is 6.07 Å². The van der Waals surface area contributed by atoms with Gasteiger partial charge in [0, 0.05) is 18.0 Å². The third kappa shape index (κ3) is 2.47. The summed E-state index contributed by atoms with van der Waals surface area (Å²) in [5, 5.41) is 9.77. The molecule has 1 aromatic heterocycles. The van der Waals surface area contributed by atoms with Crippen LogP contribution in [0.5, 0.6) is 0 Å². The Morgan fingerprint density at radius 3 is 2.74 bits per heavy atom. The zero-order chi connectivity index (χ0) is 13.8. The smallest absolute Gasteiger partial charge is 0.306 e. The zero-order valence-corrected chi connectivity index (χ0v) is 10.4. The van der Waals surface area contributed by atoms with Crippen LogP contribution in [0.4, 0.5) is 0 Å². The van der Waals surface area contributed by atoms with Gasteiger partial charge in [0.25, 0.3) is 0 Å². The molecule has 0 unspecified atom stereocenters. The summed E-state index contributed by atoms with van der Waals surface area (Å²) in [4.78, 5) is 23.1. The van der Waals surface area contributed by atoms with E-state index in [0.29, 0.717) is 11.1 Å². The lowest BCUT2D eigenvalue weighted by atomic mass is 10.2. The fraction of sp³-hybridized carbons (Fsp3) is 0.214. The molecule has 19 heavy (non-hydrogen) atoms. The first-order valence-corrected chi connectivity index (χ1v) is 5.77. The second-order valence-corrected chi connectivity index (χ2v) is 4.01. The molecule has 0 N–H and O–H groups in total. The fourth-order valence-corrected chi connectivity index (χ4v) is 1.91. The van der Waals surface area contributed by atoms with Gasteiger partial charge in [-0.15, -0.1) is 0 Å². The Labute approximate surface area is 110 Å². The lowest BCUT2D eigenvalue weighted by molar-refractivity contribution is -0.140. The molecule has 5 heteroatoms. The molecular formula is C14H12N2O3. The number of para-hydroxylation sites is 1. The number of esters is 1. The number of fused-ring (bicyclic) bond motifs is 1. The van der Waals surface area contributed by atoms with E-state index in [1.54, 1.807) is 18.2 Å². The third-order valence-corrected chi connectivity index (χ3v) is 2.87. The highest BCUT2D eigenvalue weighted by Gasteiger charge is 2.14. The molecule has 0 fully saturated rings. The lowest BCUT2D eigenvalue weighted by Gasteiger charge is -2.03.